The topological polar surface area (TPSA) is 3.88 Å². The van der Waals surface area contributed by atoms with Gasteiger partial charge in [0.25, 0.3) is 0 Å². The molecular formula is C29H36N+. The summed E-state index contributed by atoms with van der Waals surface area (Å²) in [5, 5.41) is 2.77. The van der Waals surface area contributed by atoms with Crippen molar-refractivity contribution in [1.29, 1.82) is 0 Å². The van der Waals surface area contributed by atoms with Crippen molar-refractivity contribution < 1.29 is 4.57 Å². The van der Waals surface area contributed by atoms with E-state index in [9.17, 15) is 0 Å². The van der Waals surface area contributed by atoms with Crippen LogP contribution < -0.4 is 4.57 Å². The third-order valence-electron chi connectivity index (χ3n) is 8.00. The van der Waals surface area contributed by atoms with Crippen molar-refractivity contribution in [2.45, 2.75) is 71.1 Å². The van der Waals surface area contributed by atoms with Gasteiger partial charge in [-0.05, 0) is 83.6 Å². The average molecular weight is 399 g/mol. The Morgan fingerprint density at radius 3 is 2.33 bits per heavy atom. The van der Waals surface area contributed by atoms with Crippen LogP contribution in [0.25, 0.3) is 22.0 Å². The number of aryl methyl sites for hydroxylation is 2. The van der Waals surface area contributed by atoms with Gasteiger partial charge < -0.3 is 0 Å². The van der Waals surface area contributed by atoms with Gasteiger partial charge in [0.1, 0.15) is 7.05 Å². The van der Waals surface area contributed by atoms with Crippen LogP contribution in [0.1, 0.15) is 75.5 Å². The Hall–Kier alpha value is -2.15. The summed E-state index contributed by atoms with van der Waals surface area (Å²) in [5.41, 5.74) is 7.18. The molecule has 3 aliphatic carbocycles. The number of hydrogen-bond donors (Lipinski definition) is 0. The second-order valence-corrected chi connectivity index (χ2v) is 11.0. The molecule has 1 heteroatoms. The highest BCUT2D eigenvalue weighted by atomic mass is 14.9. The van der Waals surface area contributed by atoms with Crippen LogP contribution in [0.15, 0.2) is 48.7 Å². The molecule has 0 saturated heterocycles. The number of hydrogen-bond acceptors (Lipinski definition) is 0. The van der Waals surface area contributed by atoms with E-state index in [0.29, 0.717) is 0 Å². The van der Waals surface area contributed by atoms with Gasteiger partial charge in [-0.25, -0.2) is 4.57 Å². The van der Waals surface area contributed by atoms with Crippen molar-refractivity contribution in [3.05, 3.63) is 65.4 Å². The highest BCUT2D eigenvalue weighted by molar-refractivity contribution is 5.94. The van der Waals surface area contributed by atoms with E-state index in [0.717, 1.165) is 17.8 Å². The molecule has 3 fully saturated rings. The lowest BCUT2D eigenvalue weighted by atomic mass is 9.63. The molecule has 1 aromatic heterocycles. The van der Waals surface area contributed by atoms with E-state index >= 15 is 0 Å². The zero-order chi connectivity index (χ0) is 21.0. The number of fused-ring (bicyclic) bond motifs is 4. The second-order valence-electron chi connectivity index (χ2n) is 11.0. The Morgan fingerprint density at radius 1 is 0.900 bits per heavy atom. The maximum absolute atomic E-state index is 2.51. The summed E-state index contributed by atoms with van der Waals surface area (Å²) in [6.07, 6.45) is 9.49. The maximum Gasteiger partial charge on any atom is 0.220 e. The molecule has 1 heterocycles. The predicted molar refractivity (Wildman–Crippen MR) is 127 cm³/mol. The Labute approximate surface area is 182 Å². The van der Waals surface area contributed by atoms with E-state index in [2.05, 4.69) is 88.0 Å². The fourth-order valence-corrected chi connectivity index (χ4v) is 6.09. The van der Waals surface area contributed by atoms with Crippen molar-refractivity contribution >= 4 is 10.8 Å². The molecule has 6 rings (SSSR count). The van der Waals surface area contributed by atoms with Gasteiger partial charge >= 0.3 is 0 Å². The normalized spacial score (nSPS) is 23.8. The monoisotopic (exact) mass is 398 g/mol. The summed E-state index contributed by atoms with van der Waals surface area (Å²) >= 11 is 0. The number of nitrogens with zero attached hydrogens (tertiary/aromatic N) is 1. The van der Waals surface area contributed by atoms with Gasteiger partial charge in [0.15, 0.2) is 6.20 Å². The summed E-state index contributed by atoms with van der Waals surface area (Å²) in [6.45, 7) is 9.14. The predicted octanol–water partition coefficient (Wildman–Crippen LogP) is 7.23. The molecule has 0 aliphatic heterocycles. The summed E-state index contributed by atoms with van der Waals surface area (Å²) < 4.78 is 2.30. The van der Waals surface area contributed by atoms with Crippen LogP contribution in [0.2, 0.25) is 0 Å². The third-order valence-corrected chi connectivity index (χ3v) is 8.00. The minimum Gasteiger partial charge on any atom is -0.200 e. The second kappa shape index (κ2) is 7.22. The largest absolute Gasteiger partial charge is 0.220 e. The van der Waals surface area contributed by atoms with E-state index in [1.165, 1.54) is 65.3 Å². The first-order valence-corrected chi connectivity index (χ1v) is 11.8. The van der Waals surface area contributed by atoms with Crippen LogP contribution in [0.4, 0.5) is 0 Å². The minimum atomic E-state index is 0.152. The molecule has 1 atom stereocenters. The molecule has 1 unspecified atom stereocenters. The summed E-state index contributed by atoms with van der Waals surface area (Å²) in [5.74, 6) is 2.67. The Bertz CT molecular complexity index is 1090. The van der Waals surface area contributed by atoms with E-state index in [-0.39, 0.29) is 5.41 Å². The quantitative estimate of drug-likeness (QED) is 0.401. The number of benzene rings is 2. The highest BCUT2D eigenvalue weighted by Crippen LogP contribution is 2.50. The van der Waals surface area contributed by atoms with Gasteiger partial charge in [0.05, 0.1) is 5.39 Å². The molecule has 0 radical (unpaired) electrons. The van der Waals surface area contributed by atoms with Gasteiger partial charge in [0.2, 0.25) is 5.69 Å². The first kappa shape index (κ1) is 19.8. The van der Waals surface area contributed by atoms with Crippen LogP contribution >= 0.6 is 0 Å². The third kappa shape index (κ3) is 3.37. The number of pyridine rings is 1. The molecular weight excluding hydrogens is 362 g/mol. The molecule has 156 valence electrons. The van der Waals surface area contributed by atoms with Crippen LogP contribution in [0.5, 0.6) is 0 Å². The minimum absolute atomic E-state index is 0.152. The van der Waals surface area contributed by atoms with E-state index < -0.39 is 0 Å². The van der Waals surface area contributed by atoms with Crippen LogP contribution in [-0.4, -0.2) is 0 Å². The molecule has 2 aromatic carbocycles. The Kier molecular flexibility index (Phi) is 4.76. The van der Waals surface area contributed by atoms with Gasteiger partial charge in [-0.15, -0.1) is 0 Å². The van der Waals surface area contributed by atoms with Gasteiger partial charge in [0, 0.05) is 11.6 Å². The fourth-order valence-electron chi connectivity index (χ4n) is 6.09. The van der Waals surface area contributed by atoms with Crippen molar-refractivity contribution in [3.8, 4) is 11.3 Å². The molecule has 3 aliphatic rings. The molecule has 2 bridgehead atoms. The smallest absolute Gasteiger partial charge is 0.200 e. The van der Waals surface area contributed by atoms with Crippen LogP contribution in [0, 0.1) is 18.8 Å². The fraction of sp³-hybridized carbons (Fsp3) is 0.483. The SMILES string of the molecule is Cc1ccc(C(C)(C)C)cc1-c1c2ccc(C3CC4CCC3CC4)cc2cc[n+]1C. The summed E-state index contributed by atoms with van der Waals surface area (Å²) in [6, 6.07) is 16.7. The zero-order valence-corrected chi connectivity index (χ0v) is 19.3. The van der Waals surface area contributed by atoms with Crippen LogP contribution in [0.3, 0.4) is 0 Å². The highest BCUT2D eigenvalue weighted by Gasteiger charge is 2.36. The molecule has 30 heavy (non-hydrogen) atoms. The van der Waals surface area contributed by atoms with Crippen molar-refractivity contribution in [2.24, 2.45) is 18.9 Å². The van der Waals surface area contributed by atoms with E-state index in [4.69, 9.17) is 0 Å². The zero-order valence-electron chi connectivity index (χ0n) is 19.3. The van der Waals surface area contributed by atoms with Crippen molar-refractivity contribution in [1.82, 2.24) is 0 Å². The average Bonchev–Trinajstić information content (AvgIpc) is 2.74. The van der Waals surface area contributed by atoms with Gasteiger partial charge in [-0.2, -0.15) is 0 Å². The Balaban J connectivity index is 1.63. The van der Waals surface area contributed by atoms with Gasteiger partial charge in [-0.3, -0.25) is 0 Å². The summed E-state index contributed by atoms with van der Waals surface area (Å²) in [4.78, 5) is 0. The first-order chi connectivity index (χ1) is 14.3. The lowest BCUT2D eigenvalue weighted by molar-refractivity contribution is -0.659. The lowest BCUT2D eigenvalue weighted by Gasteiger charge is -2.42. The molecule has 0 N–H and O–H groups in total. The molecule has 3 saturated carbocycles. The number of aromatic nitrogens is 1. The van der Waals surface area contributed by atoms with Crippen molar-refractivity contribution in [3.63, 3.8) is 0 Å². The van der Waals surface area contributed by atoms with E-state index in [1.54, 1.807) is 5.56 Å². The lowest BCUT2D eigenvalue weighted by Crippen LogP contribution is -2.31. The standard InChI is InChI=1S/C29H36N/c1-19-6-12-24(29(2,3)4)18-26(19)28-25-13-11-22(17-23(25)14-15-30(28)5)27-16-20-7-9-21(27)10-8-20/h6,11-15,17-18,20-21,27H,7-10,16H2,1-5H3/q+1. The van der Waals surface area contributed by atoms with E-state index in [1.807, 2.05) is 0 Å². The van der Waals surface area contributed by atoms with Gasteiger partial charge in [-0.1, -0.05) is 57.9 Å². The molecule has 1 nitrogen and oxygen atoms in total. The van der Waals surface area contributed by atoms with Crippen LogP contribution in [-0.2, 0) is 12.5 Å². The maximum atomic E-state index is 2.51. The van der Waals surface area contributed by atoms with Crippen molar-refractivity contribution in [2.75, 3.05) is 0 Å². The number of rotatable bonds is 2. The molecule has 3 aromatic rings. The molecule has 0 spiro atoms. The first-order valence-electron chi connectivity index (χ1n) is 11.8. The Morgan fingerprint density at radius 2 is 1.67 bits per heavy atom. The summed E-state index contributed by atoms with van der Waals surface area (Å²) in [7, 11) is 2.19. The molecule has 0 amide bonds.